The van der Waals surface area contributed by atoms with Gasteiger partial charge in [0.15, 0.2) is 0 Å². The molecule has 0 bridgehead atoms. The first-order valence-electron chi connectivity index (χ1n) is 8.16. The van der Waals surface area contributed by atoms with Gasteiger partial charge in [0.05, 0.1) is 10.7 Å². The van der Waals surface area contributed by atoms with E-state index >= 15 is 0 Å². The minimum Gasteiger partial charge on any atom is -0.341 e. The van der Waals surface area contributed by atoms with Crippen LogP contribution in [0.15, 0.2) is 18.2 Å². The smallest absolute Gasteiger partial charge is 0.321 e. The van der Waals surface area contributed by atoms with Crippen molar-refractivity contribution in [2.75, 3.05) is 31.5 Å². The number of halogens is 1. The van der Waals surface area contributed by atoms with Gasteiger partial charge in [-0.2, -0.15) is 0 Å². The first-order chi connectivity index (χ1) is 11.1. The van der Waals surface area contributed by atoms with Gasteiger partial charge in [-0.15, -0.1) is 0 Å². The number of urea groups is 1. The van der Waals surface area contributed by atoms with Crippen LogP contribution in [-0.2, 0) is 4.79 Å². The molecule has 1 aliphatic heterocycles. The van der Waals surface area contributed by atoms with Crippen molar-refractivity contribution in [2.24, 2.45) is 5.92 Å². The van der Waals surface area contributed by atoms with Crippen molar-refractivity contribution in [1.29, 1.82) is 0 Å². The minimum atomic E-state index is -0.154. The number of anilines is 1. The van der Waals surface area contributed by atoms with E-state index in [0.717, 1.165) is 31.4 Å². The molecule has 1 aliphatic carbocycles. The third-order valence-electron chi connectivity index (χ3n) is 4.45. The highest BCUT2D eigenvalue weighted by atomic mass is 35.5. The van der Waals surface area contributed by atoms with E-state index in [1.165, 1.54) is 0 Å². The lowest BCUT2D eigenvalue weighted by Gasteiger charge is -2.23. The van der Waals surface area contributed by atoms with E-state index in [9.17, 15) is 9.59 Å². The van der Waals surface area contributed by atoms with E-state index < -0.39 is 0 Å². The van der Waals surface area contributed by atoms with Crippen LogP contribution in [0.25, 0.3) is 0 Å². The summed E-state index contributed by atoms with van der Waals surface area (Å²) in [5.41, 5.74) is 1.56. The van der Waals surface area contributed by atoms with E-state index in [1.54, 1.807) is 11.0 Å². The van der Waals surface area contributed by atoms with Crippen LogP contribution in [0.4, 0.5) is 10.5 Å². The topological polar surface area (TPSA) is 52.7 Å². The summed E-state index contributed by atoms with van der Waals surface area (Å²) in [6, 6.07) is 5.42. The number of hydrogen-bond acceptors (Lipinski definition) is 2. The van der Waals surface area contributed by atoms with Gasteiger partial charge in [-0.1, -0.05) is 23.7 Å². The first kappa shape index (κ1) is 16.1. The maximum atomic E-state index is 12.5. The zero-order valence-electron chi connectivity index (χ0n) is 13.3. The molecule has 0 radical (unpaired) electrons. The summed E-state index contributed by atoms with van der Waals surface area (Å²) in [6.07, 6.45) is 2.85. The molecule has 0 atom stereocenters. The molecule has 5 nitrogen and oxygen atoms in total. The van der Waals surface area contributed by atoms with Gasteiger partial charge in [-0.05, 0) is 37.8 Å². The molecule has 1 saturated heterocycles. The molecule has 1 N–H and O–H groups in total. The number of amides is 3. The first-order valence-corrected chi connectivity index (χ1v) is 8.54. The SMILES string of the molecule is Cc1cccc(NC(=O)N2CCCN(C(=O)C3CC3)CC2)c1Cl. The van der Waals surface area contributed by atoms with Gasteiger partial charge in [0.1, 0.15) is 0 Å². The molecule has 124 valence electrons. The molecule has 1 heterocycles. The van der Waals surface area contributed by atoms with Crippen LogP contribution in [0.3, 0.4) is 0 Å². The fourth-order valence-electron chi connectivity index (χ4n) is 2.87. The van der Waals surface area contributed by atoms with Crippen LogP contribution in [0, 0.1) is 12.8 Å². The lowest BCUT2D eigenvalue weighted by atomic mass is 10.2. The van der Waals surface area contributed by atoms with Crippen LogP contribution in [-0.4, -0.2) is 47.9 Å². The molecule has 0 aromatic heterocycles. The monoisotopic (exact) mass is 335 g/mol. The Balaban J connectivity index is 1.59. The maximum Gasteiger partial charge on any atom is 0.321 e. The van der Waals surface area contributed by atoms with Gasteiger partial charge >= 0.3 is 6.03 Å². The van der Waals surface area contributed by atoms with Crippen molar-refractivity contribution in [3.63, 3.8) is 0 Å². The van der Waals surface area contributed by atoms with Crippen molar-refractivity contribution in [2.45, 2.75) is 26.2 Å². The lowest BCUT2D eigenvalue weighted by molar-refractivity contribution is -0.132. The second-order valence-electron chi connectivity index (χ2n) is 6.31. The molecule has 1 saturated carbocycles. The van der Waals surface area contributed by atoms with Gasteiger partial charge in [-0.3, -0.25) is 4.79 Å². The molecule has 3 rings (SSSR count). The maximum absolute atomic E-state index is 12.5. The summed E-state index contributed by atoms with van der Waals surface area (Å²) < 4.78 is 0. The molecule has 3 amide bonds. The predicted molar refractivity (Wildman–Crippen MR) is 90.7 cm³/mol. The Morgan fingerprint density at radius 3 is 2.57 bits per heavy atom. The number of nitrogens with one attached hydrogen (secondary N) is 1. The Morgan fingerprint density at radius 2 is 1.83 bits per heavy atom. The van der Waals surface area contributed by atoms with Crippen molar-refractivity contribution < 1.29 is 9.59 Å². The highest BCUT2D eigenvalue weighted by Gasteiger charge is 2.34. The molecule has 2 fully saturated rings. The number of carbonyl (C=O) groups is 2. The fourth-order valence-corrected chi connectivity index (χ4v) is 3.04. The van der Waals surface area contributed by atoms with Crippen LogP contribution in [0.1, 0.15) is 24.8 Å². The number of rotatable bonds is 2. The number of aryl methyl sites for hydroxylation is 1. The fraction of sp³-hybridized carbons (Fsp3) is 0.529. The summed E-state index contributed by atoms with van der Waals surface area (Å²) in [6.45, 7) is 4.48. The normalized spacial score (nSPS) is 18.5. The molecule has 2 aliphatic rings. The second kappa shape index (κ2) is 6.79. The predicted octanol–water partition coefficient (Wildman–Crippen LogP) is 3.12. The van der Waals surface area contributed by atoms with Crippen LogP contribution in [0.5, 0.6) is 0 Å². The van der Waals surface area contributed by atoms with Gasteiger partial charge in [0, 0.05) is 32.1 Å². The number of benzene rings is 1. The zero-order chi connectivity index (χ0) is 16.4. The molecule has 1 aromatic carbocycles. The molecule has 6 heteroatoms. The molecule has 23 heavy (non-hydrogen) atoms. The summed E-state index contributed by atoms with van der Waals surface area (Å²) in [5, 5.41) is 3.45. The van der Waals surface area contributed by atoms with Gasteiger partial charge in [-0.25, -0.2) is 4.79 Å². The van der Waals surface area contributed by atoms with E-state index in [4.69, 9.17) is 11.6 Å². The summed E-state index contributed by atoms with van der Waals surface area (Å²) in [7, 11) is 0. The molecule has 0 spiro atoms. The molecule has 1 aromatic rings. The Labute approximate surface area is 141 Å². The summed E-state index contributed by atoms with van der Waals surface area (Å²) in [4.78, 5) is 28.3. The largest absolute Gasteiger partial charge is 0.341 e. The minimum absolute atomic E-state index is 0.154. The lowest BCUT2D eigenvalue weighted by Crippen LogP contribution is -2.39. The number of hydrogen-bond donors (Lipinski definition) is 1. The standard InChI is InChI=1S/C17H22ClN3O2/c1-12-4-2-5-14(15(12)18)19-17(23)21-9-3-8-20(10-11-21)16(22)13-6-7-13/h2,4-5,13H,3,6-11H2,1H3,(H,19,23). The summed E-state index contributed by atoms with van der Waals surface area (Å²) in [5.74, 6) is 0.496. The zero-order valence-corrected chi connectivity index (χ0v) is 14.1. The van der Waals surface area contributed by atoms with Gasteiger partial charge in [0.25, 0.3) is 0 Å². The number of carbonyl (C=O) groups excluding carboxylic acids is 2. The van der Waals surface area contributed by atoms with Crippen LogP contribution in [0.2, 0.25) is 5.02 Å². The Bertz CT molecular complexity index is 616. The molecular weight excluding hydrogens is 314 g/mol. The second-order valence-corrected chi connectivity index (χ2v) is 6.68. The average Bonchev–Trinajstić information content (AvgIpc) is 3.37. The molecule has 0 unspecified atom stereocenters. The third-order valence-corrected chi connectivity index (χ3v) is 4.96. The van der Waals surface area contributed by atoms with Crippen molar-refractivity contribution in [1.82, 2.24) is 9.80 Å². The Hall–Kier alpha value is -1.75. The Morgan fingerprint density at radius 1 is 1.13 bits per heavy atom. The highest BCUT2D eigenvalue weighted by molar-refractivity contribution is 6.34. The van der Waals surface area contributed by atoms with Crippen molar-refractivity contribution in [3.05, 3.63) is 28.8 Å². The third kappa shape index (κ3) is 3.78. The highest BCUT2D eigenvalue weighted by Crippen LogP contribution is 2.31. The van der Waals surface area contributed by atoms with Crippen molar-refractivity contribution >= 4 is 29.2 Å². The van der Waals surface area contributed by atoms with Gasteiger partial charge < -0.3 is 15.1 Å². The van der Waals surface area contributed by atoms with Crippen molar-refractivity contribution in [3.8, 4) is 0 Å². The van der Waals surface area contributed by atoms with Crippen LogP contribution < -0.4 is 5.32 Å². The van der Waals surface area contributed by atoms with E-state index in [2.05, 4.69) is 5.32 Å². The van der Waals surface area contributed by atoms with E-state index in [1.807, 2.05) is 24.0 Å². The molecular formula is C17H22ClN3O2. The van der Waals surface area contributed by atoms with Crippen LogP contribution >= 0.6 is 11.6 Å². The number of nitrogens with zero attached hydrogens (tertiary/aromatic N) is 2. The average molecular weight is 336 g/mol. The summed E-state index contributed by atoms with van der Waals surface area (Å²) >= 11 is 6.23. The Kier molecular flexibility index (Phi) is 4.76. The van der Waals surface area contributed by atoms with Gasteiger partial charge in [0.2, 0.25) is 5.91 Å². The quantitative estimate of drug-likeness (QED) is 0.902. The van der Waals surface area contributed by atoms with E-state index in [0.29, 0.717) is 30.3 Å². The van der Waals surface area contributed by atoms with E-state index in [-0.39, 0.29) is 17.9 Å².